The Morgan fingerprint density at radius 2 is 1.93 bits per heavy atom. The predicted octanol–water partition coefficient (Wildman–Crippen LogP) is 4.72. The van der Waals surface area contributed by atoms with Crippen molar-refractivity contribution in [1.82, 2.24) is 10.1 Å². The largest absolute Gasteiger partial charge is 0.507 e. The number of rotatable bonds is 3. The van der Waals surface area contributed by atoms with Crippen molar-refractivity contribution in [2.45, 2.75) is 13.8 Å². The number of fused-ring (bicyclic) bond motifs is 1. The Balaban J connectivity index is 2.13. The first-order valence-electron chi connectivity index (χ1n) is 8.48. The second-order valence-electron chi connectivity index (χ2n) is 6.51. The number of benzene rings is 2. The van der Waals surface area contributed by atoms with E-state index in [0.29, 0.717) is 38.5 Å². The first kappa shape index (κ1) is 18.0. The summed E-state index contributed by atoms with van der Waals surface area (Å²) in [5.74, 6) is -0.125. The number of pyridine rings is 1. The van der Waals surface area contributed by atoms with E-state index in [9.17, 15) is 14.7 Å². The third-order valence-corrected chi connectivity index (χ3v) is 4.75. The number of H-pyrrole nitrogens is 1. The van der Waals surface area contributed by atoms with E-state index in [1.54, 1.807) is 37.3 Å². The maximum absolute atomic E-state index is 12.9. The molecule has 2 N–H and O–H groups in total. The van der Waals surface area contributed by atoms with E-state index in [2.05, 4.69) is 10.1 Å². The molecule has 0 aliphatic heterocycles. The Hall–Kier alpha value is -3.38. The topological polar surface area (TPSA) is 96.2 Å². The number of aryl methyl sites for hydroxylation is 1. The number of halogens is 1. The summed E-state index contributed by atoms with van der Waals surface area (Å²) in [7, 11) is 0. The minimum Gasteiger partial charge on any atom is -0.507 e. The molecule has 0 saturated heterocycles. The average molecular weight is 395 g/mol. The lowest BCUT2D eigenvalue weighted by atomic mass is 9.93. The van der Waals surface area contributed by atoms with Gasteiger partial charge in [0.2, 0.25) is 0 Å². The molecule has 2 aromatic heterocycles. The Morgan fingerprint density at radius 3 is 2.57 bits per heavy atom. The number of carbonyl (C=O) groups is 1. The van der Waals surface area contributed by atoms with Gasteiger partial charge in [-0.2, -0.15) is 0 Å². The lowest BCUT2D eigenvalue weighted by molar-refractivity contribution is 0.101. The summed E-state index contributed by atoms with van der Waals surface area (Å²) in [4.78, 5) is 27.4. The van der Waals surface area contributed by atoms with E-state index < -0.39 is 0 Å². The molecule has 2 aromatic carbocycles. The highest BCUT2D eigenvalue weighted by molar-refractivity contribution is 6.31. The molecule has 0 aliphatic rings. The molecule has 0 bridgehead atoms. The summed E-state index contributed by atoms with van der Waals surface area (Å²) >= 11 is 6.20. The maximum atomic E-state index is 12.9. The molecule has 140 valence electrons. The van der Waals surface area contributed by atoms with Gasteiger partial charge < -0.3 is 14.6 Å². The Bertz CT molecular complexity index is 1300. The first-order valence-corrected chi connectivity index (χ1v) is 8.86. The fourth-order valence-electron chi connectivity index (χ4n) is 3.27. The summed E-state index contributed by atoms with van der Waals surface area (Å²) < 4.78 is 5.35. The summed E-state index contributed by atoms with van der Waals surface area (Å²) in [6, 6.07) is 11.4. The molecule has 0 spiro atoms. The number of phenols is 1. The normalized spacial score (nSPS) is 11.1. The van der Waals surface area contributed by atoms with Crippen molar-refractivity contribution < 1.29 is 14.4 Å². The predicted molar refractivity (Wildman–Crippen MR) is 107 cm³/mol. The van der Waals surface area contributed by atoms with Crippen molar-refractivity contribution in [2.75, 3.05) is 0 Å². The highest BCUT2D eigenvalue weighted by Crippen LogP contribution is 2.38. The standard InChI is InChI=1S/C21H15ClN2O4/c1-10-7-18(28-24-10)20-19(12-3-5-14(11(2)25)17(26)8-12)15-9-13(22)4-6-16(15)23-21(20)27/h3-9,26H,1-2H3,(H,23,27). The van der Waals surface area contributed by atoms with Crippen LogP contribution in [0.2, 0.25) is 5.02 Å². The fraction of sp³-hybridized carbons (Fsp3) is 0.0952. The Morgan fingerprint density at radius 1 is 1.14 bits per heavy atom. The lowest BCUT2D eigenvalue weighted by Crippen LogP contribution is -2.11. The molecule has 0 saturated carbocycles. The van der Waals surface area contributed by atoms with Crippen LogP contribution in [0.5, 0.6) is 5.75 Å². The average Bonchev–Trinajstić information content (AvgIpc) is 3.06. The van der Waals surface area contributed by atoms with E-state index in [1.165, 1.54) is 19.1 Å². The first-order chi connectivity index (χ1) is 13.3. The van der Waals surface area contributed by atoms with Crippen LogP contribution in [-0.2, 0) is 0 Å². The molecule has 0 aliphatic carbocycles. The number of Topliss-reactive ketones (excluding diaryl/α,β-unsaturated/α-hetero) is 1. The molecule has 0 fully saturated rings. The van der Waals surface area contributed by atoms with Gasteiger partial charge in [0.1, 0.15) is 5.75 Å². The van der Waals surface area contributed by atoms with Gasteiger partial charge in [-0.25, -0.2) is 0 Å². The van der Waals surface area contributed by atoms with Gasteiger partial charge in [-0.3, -0.25) is 9.59 Å². The van der Waals surface area contributed by atoms with Crippen molar-refractivity contribution in [2.24, 2.45) is 0 Å². The number of hydrogen-bond donors (Lipinski definition) is 2. The van der Waals surface area contributed by atoms with Gasteiger partial charge in [-0.05, 0) is 49.7 Å². The molecule has 2 heterocycles. The molecule has 0 atom stereocenters. The number of aromatic hydroxyl groups is 1. The van der Waals surface area contributed by atoms with E-state index >= 15 is 0 Å². The van der Waals surface area contributed by atoms with Crippen LogP contribution in [0, 0.1) is 6.92 Å². The zero-order valence-electron chi connectivity index (χ0n) is 15.0. The molecule has 0 amide bonds. The van der Waals surface area contributed by atoms with E-state index in [1.807, 2.05) is 0 Å². The SMILES string of the molecule is CC(=O)c1ccc(-c2c(-c3cc(C)no3)c(=O)[nH]c3ccc(Cl)cc23)cc1O. The van der Waals surface area contributed by atoms with Gasteiger partial charge >= 0.3 is 0 Å². The number of ketones is 1. The van der Waals surface area contributed by atoms with Gasteiger partial charge in [-0.15, -0.1) is 0 Å². The van der Waals surface area contributed by atoms with Crippen LogP contribution in [0.1, 0.15) is 23.0 Å². The molecule has 28 heavy (non-hydrogen) atoms. The number of phenolic OH excluding ortho intramolecular Hbond substituents is 1. The van der Waals surface area contributed by atoms with Crippen LogP contribution in [0.4, 0.5) is 0 Å². The Kier molecular flexibility index (Phi) is 4.28. The van der Waals surface area contributed by atoms with Crippen molar-refractivity contribution in [3.63, 3.8) is 0 Å². The quantitative estimate of drug-likeness (QED) is 0.490. The number of aromatic amines is 1. The third kappa shape index (κ3) is 2.97. The highest BCUT2D eigenvalue weighted by atomic mass is 35.5. The number of nitrogens with one attached hydrogen (secondary N) is 1. The summed E-state index contributed by atoms with van der Waals surface area (Å²) in [5, 5.41) is 15.4. The second kappa shape index (κ2) is 6.65. The molecular formula is C21H15ClN2O4. The van der Waals surface area contributed by atoms with E-state index in [0.717, 1.165) is 0 Å². The third-order valence-electron chi connectivity index (χ3n) is 4.52. The molecular weight excluding hydrogens is 380 g/mol. The monoisotopic (exact) mass is 394 g/mol. The summed E-state index contributed by atoms with van der Waals surface area (Å²) in [5.41, 5.74) is 2.39. The molecule has 7 heteroatoms. The van der Waals surface area contributed by atoms with Crippen LogP contribution in [0.25, 0.3) is 33.4 Å². The summed E-state index contributed by atoms with van der Waals surface area (Å²) in [6.45, 7) is 3.13. The van der Waals surface area contributed by atoms with Crippen molar-refractivity contribution in [3.8, 4) is 28.2 Å². The summed E-state index contributed by atoms with van der Waals surface area (Å²) in [6.07, 6.45) is 0. The van der Waals surface area contributed by atoms with Gasteiger partial charge in [-0.1, -0.05) is 22.8 Å². The van der Waals surface area contributed by atoms with Gasteiger partial charge in [0.05, 0.1) is 16.8 Å². The molecule has 0 radical (unpaired) electrons. The van der Waals surface area contributed by atoms with E-state index in [4.69, 9.17) is 16.1 Å². The minimum absolute atomic E-state index is 0.167. The van der Waals surface area contributed by atoms with Crippen molar-refractivity contribution in [1.29, 1.82) is 0 Å². The molecule has 4 rings (SSSR count). The van der Waals surface area contributed by atoms with Crippen molar-refractivity contribution >= 4 is 28.3 Å². The van der Waals surface area contributed by atoms with Crippen molar-refractivity contribution in [3.05, 3.63) is 69.1 Å². The van der Waals surface area contributed by atoms with Crippen LogP contribution >= 0.6 is 11.6 Å². The van der Waals surface area contributed by atoms with Crippen LogP contribution in [-0.4, -0.2) is 21.0 Å². The smallest absolute Gasteiger partial charge is 0.260 e. The van der Waals surface area contributed by atoms with Gasteiger partial charge in [0.25, 0.3) is 5.56 Å². The molecule has 6 nitrogen and oxygen atoms in total. The van der Waals surface area contributed by atoms with E-state index in [-0.39, 0.29) is 28.2 Å². The lowest BCUT2D eigenvalue weighted by Gasteiger charge is -2.13. The van der Waals surface area contributed by atoms with Crippen LogP contribution < -0.4 is 5.56 Å². The second-order valence-corrected chi connectivity index (χ2v) is 6.95. The zero-order chi connectivity index (χ0) is 20.0. The molecule has 4 aromatic rings. The molecule has 0 unspecified atom stereocenters. The minimum atomic E-state index is -0.365. The zero-order valence-corrected chi connectivity index (χ0v) is 15.8. The Labute approximate surface area is 164 Å². The fourth-order valence-corrected chi connectivity index (χ4v) is 3.44. The van der Waals surface area contributed by atoms with Crippen LogP contribution in [0.15, 0.2) is 51.8 Å². The highest BCUT2D eigenvalue weighted by Gasteiger charge is 2.21. The van der Waals surface area contributed by atoms with Crippen LogP contribution in [0.3, 0.4) is 0 Å². The number of aromatic nitrogens is 2. The van der Waals surface area contributed by atoms with Gasteiger partial charge in [0, 0.05) is 27.6 Å². The number of hydrogen-bond acceptors (Lipinski definition) is 5. The maximum Gasteiger partial charge on any atom is 0.260 e. The van der Waals surface area contributed by atoms with Gasteiger partial charge in [0.15, 0.2) is 11.5 Å². The number of nitrogens with zero attached hydrogens (tertiary/aromatic N) is 1. The number of carbonyl (C=O) groups excluding carboxylic acids is 1.